The van der Waals surface area contributed by atoms with Crippen molar-refractivity contribution >= 4 is 6.47 Å². The summed E-state index contributed by atoms with van der Waals surface area (Å²) >= 11 is 0. The van der Waals surface area contributed by atoms with Crippen molar-refractivity contribution in [3.63, 3.8) is 0 Å². The van der Waals surface area contributed by atoms with Crippen molar-refractivity contribution in [2.24, 2.45) is 0 Å². The van der Waals surface area contributed by atoms with Gasteiger partial charge in [-0.05, 0) is 45.2 Å². The molecule has 1 atom stereocenters. The number of benzene rings is 1. The molecule has 1 aromatic carbocycles. The van der Waals surface area contributed by atoms with Crippen molar-refractivity contribution in [2.45, 2.75) is 51.1 Å². The number of likely N-dealkylation sites (tertiary alicyclic amines) is 1. The molecule has 4 rings (SSSR count). The van der Waals surface area contributed by atoms with E-state index in [0.29, 0.717) is 18.5 Å². The second kappa shape index (κ2) is 11.1. The van der Waals surface area contributed by atoms with Crippen LogP contribution in [0.2, 0.25) is 0 Å². The Morgan fingerprint density at radius 2 is 2.00 bits per heavy atom. The third-order valence-electron chi connectivity index (χ3n) is 5.84. The lowest BCUT2D eigenvalue weighted by Gasteiger charge is -2.39. The Bertz CT molecular complexity index is 804. The Kier molecular flexibility index (Phi) is 8.21. The van der Waals surface area contributed by atoms with Gasteiger partial charge in [0.15, 0.2) is 0 Å². The fourth-order valence-electron chi connectivity index (χ4n) is 4.48. The molecule has 0 amide bonds. The molecule has 0 saturated carbocycles. The molecule has 2 aliphatic rings. The fraction of sp³-hybridized carbons (Fsp3) is 0.591. The van der Waals surface area contributed by atoms with Crippen LogP contribution in [0.5, 0.6) is 5.75 Å². The van der Waals surface area contributed by atoms with Gasteiger partial charge >= 0.3 is 0 Å². The van der Waals surface area contributed by atoms with E-state index in [-0.39, 0.29) is 6.47 Å². The molecule has 2 fully saturated rings. The average molecular weight is 417 g/mol. The molecule has 0 aliphatic carbocycles. The number of methoxy groups -OCH3 is 1. The summed E-state index contributed by atoms with van der Waals surface area (Å²) in [4.78, 5) is 15.8. The number of hydrogen-bond donors (Lipinski definition) is 1. The first kappa shape index (κ1) is 22.2. The topological polar surface area (TPSA) is 89.7 Å². The van der Waals surface area contributed by atoms with Gasteiger partial charge in [0, 0.05) is 37.3 Å². The first-order valence-electron chi connectivity index (χ1n) is 10.6. The SMILES string of the molecule is COc1ccccc1Cn1nc(C)nc1C1CCCN(C2CCOCC2)C1.O=CO. The lowest BCUT2D eigenvalue weighted by atomic mass is 9.94. The first-order valence-corrected chi connectivity index (χ1v) is 10.6. The molecular weight excluding hydrogens is 384 g/mol. The van der Waals surface area contributed by atoms with Gasteiger partial charge in [-0.2, -0.15) is 5.10 Å². The van der Waals surface area contributed by atoms with E-state index >= 15 is 0 Å². The Hall–Kier alpha value is -2.45. The van der Waals surface area contributed by atoms with E-state index in [4.69, 9.17) is 29.5 Å². The number of nitrogens with zero attached hydrogens (tertiary/aromatic N) is 4. The second-order valence-electron chi connectivity index (χ2n) is 7.77. The monoisotopic (exact) mass is 416 g/mol. The van der Waals surface area contributed by atoms with Crippen molar-refractivity contribution in [3.05, 3.63) is 41.5 Å². The second-order valence-corrected chi connectivity index (χ2v) is 7.77. The number of ether oxygens (including phenoxy) is 2. The van der Waals surface area contributed by atoms with Gasteiger partial charge in [0.2, 0.25) is 0 Å². The van der Waals surface area contributed by atoms with Gasteiger partial charge < -0.3 is 14.6 Å². The van der Waals surface area contributed by atoms with E-state index in [0.717, 1.165) is 55.6 Å². The molecule has 0 spiro atoms. The van der Waals surface area contributed by atoms with E-state index in [1.54, 1.807) is 7.11 Å². The highest BCUT2D eigenvalue weighted by Gasteiger charge is 2.30. The summed E-state index contributed by atoms with van der Waals surface area (Å²) in [7, 11) is 1.72. The summed E-state index contributed by atoms with van der Waals surface area (Å²) in [5, 5.41) is 11.6. The number of carbonyl (C=O) groups is 1. The summed E-state index contributed by atoms with van der Waals surface area (Å²) in [5.41, 5.74) is 1.14. The highest BCUT2D eigenvalue weighted by molar-refractivity contribution is 5.33. The van der Waals surface area contributed by atoms with Crippen molar-refractivity contribution in [2.75, 3.05) is 33.4 Å². The van der Waals surface area contributed by atoms with E-state index in [1.165, 1.54) is 19.4 Å². The fourth-order valence-corrected chi connectivity index (χ4v) is 4.48. The zero-order chi connectivity index (χ0) is 21.3. The van der Waals surface area contributed by atoms with Gasteiger partial charge in [-0.3, -0.25) is 9.69 Å². The Morgan fingerprint density at radius 3 is 2.73 bits per heavy atom. The molecule has 8 nitrogen and oxygen atoms in total. The van der Waals surface area contributed by atoms with Crippen LogP contribution in [-0.4, -0.2) is 70.7 Å². The van der Waals surface area contributed by atoms with Crippen LogP contribution in [0.1, 0.15) is 48.8 Å². The van der Waals surface area contributed by atoms with Crippen LogP contribution < -0.4 is 4.74 Å². The summed E-state index contributed by atoms with van der Waals surface area (Å²) in [5.74, 6) is 3.32. The molecule has 1 aromatic heterocycles. The maximum absolute atomic E-state index is 8.36. The highest BCUT2D eigenvalue weighted by Crippen LogP contribution is 2.30. The Labute approximate surface area is 177 Å². The molecule has 8 heteroatoms. The number of rotatable bonds is 5. The lowest BCUT2D eigenvalue weighted by Crippen LogP contribution is -2.45. The molecule has 1 unspecified atom stereocenters. The Morgan fingerprint density at radius 1 is 1.27 bits per heavy atom. The summed E-state index contributed by atoms with van der Waals surface area (Å²) in [6.07, 6.45) is 4.71. The van der Waals surface area contributed by atoms with E-state index in [9.17, 15) is 0 Å². The van der Waals surface area contributed by atoms with Gasteiger partial charge in [-0.15, -0.1) is 0 Å². The quantitative estimate of drug-likeness (QED) is 0.750. The predicted molar refractivity (Wildman–Crippen MR) is 113 cm³/mol. The number of carboxylic acid groups (broad SMARTS) is 1. The van der Waals surface area contributed by atoms with Gasteiger partial charge in [-0.25, -0.2) is 9.67 Å². The highest BCUT2D eigenvalue weighted by atomic mass is 16.5. The number of hydrogen-bond acceptors (Lipinski definition) is 6. The number of piperidine rings is 1. The maximum Gasteiger partial charge on any atom is 0.290 e. The van der Waals surface area contributed by atoms with Crippen molar-refractivity contribution < 1.29 is 19.4 Å². The smallest absolute Gasteiger partial charge is 0.290 e. The van der Waals surface area contributed by atoms with Crippen LogP contribution in [0.3, 0.4) is 0 Å². The minimum Gasteiger partial charge on any atom is -0.496 e. The molecule has 30 heavy (non-hydrogen) atoms. The van der Waals surface area contributed by atoms with Crippen molar-refractivity contribution in [1.82, 2.24) is 19.7 Å². The summed E-state index contributed by atoms with van der Waals surface area (Å²) < 4.78 is 13.2. The van der Waals surface area contributed by atoms with Gasteiger partial charge in [-0.1, -0.05) is 18.2 Å². The lowest BCUT2D eigenvalue weighted by molar-refractivity contribution is -0.122. The van der Waals surface area contributed by atoms with Crippen LogP contribution in [0.4, 0.5) is 0 Å². The number of aromatic nitrogens is 3. The van der Waals surface area contributed by atoms with E-state index in [1.807, 2.05) is 19.1 Å². The molecule has 0 bridgehead atoms. The molecule has 0 radical (unpaired) electrons. The molecule has 164 valence electrons. The van der Waals surface area contributed by atoms with Gasteiger partial charge in [0.1, 0.15) is 17.4 Å². The molecule has 3 heterocycles. The van der Waals surface area contributed by atoms with Crippen LogP contribution in [-0.2, 0) is 16.1 Å². The van der Waals surface area contributed by atoms with E-state index < -0.39 is 0 Å². The first-order chi connectivity index (χ1) is 14.7. The van der Waals surface area contributed by atoms with E-state index in [2.05, 4.69) is 21.7 Å². The van der Waals surface area contributed by atoms with Crippen LogP contribution in [0.15, 0.2) is 24.3 Å². The minimum absolute atomic E-state index is 0.250. The summed E-state index contributed by atoms with van der Waals surface area (Å²) in [6, 6.07) is 8.83. The average Bonchev–Trinajstić information content (AvgIpc) is 3.15. The molecule has 2 aromatic rings. The predicted octanol–water partition coefficient (Wildman–Crippen LogP) is 2.70. The standard InChI is InChI=1S/C21H30N4O2.CH2O2/c1-16-22-21(25(23-16)15-17-6-3-4-8-20(17)26-2)18-7-5-11-24(14-18)19-9-12-27-13-10-19;2-1-3/h3-4,6,8,18-19H,5,7,9-15H2,1-2H3;1H,(H,2,3). The van der Waals surface area contributed by atoms with Crippen LogP contribution in [0, 0.1) is 6.92 Å². The molecular formula is C22H32N4O4. The zero-order valence-corrected chi connectivity index (χ0v) is 17.9. The van der Waals surface area contributed by atoms with Crippen molar-refractivity contribution in [1.29, 1.82) is 0 Å². The summed E-state index contributed by atoms with van der Waals surface area (Å²) in [6.45, 7) is 6.51. The number of para-hydroxylation sites is 1. The van der Waals surface area contributed by atoms with Crippen LogP contribution >= 0.6 is 0 Å². The zero-order valence-electron chi connectivity index (χ0n) is 17.9. The van der Waals surface area contributed by atoms with Crippen molar-refractivity contribution in [3.8, 4) is 5.75 Å². The number of aryl methyl sites for hydroxylation is 1. The molecule has 2 aliphatic heterocycles. The minimum atomic E-state index is -0.250. The maximum atomic E-state index is 8.36. The third-order valence-corrected chi connectivity index (χ3v) is 5.84. The molecule has 1 N–H and O–H groups in total. The van der Waals surface area contributed by atoms with Gasteiger partial charge in [0.05, 0.1) is 13.7 Å². The normalized spacial score (nSPS) is 20.3. The van der Waals surface area contributed by atoms with Crippen LogP contribution in [0.25, 0.3) is 0 Å². The third kappa shape index (κ3) is 5.58. The molecule has 2 saturated heterocycles. The Balaban J connectivity index is 0.000000806. The largest absolute Gasteiger partial charge is 0.496 e. The van der Waals surface area contributed by atoms with Gasteiger partial charge in [0.25, 0.3) is 6.47 Å².